The number of aromatic nitrogens is 2. The maximum Gasteiger partial charge on any atom is 0.435 e. The van der Waals surface area contributed by atoms with E-state index in [0.717, 1.165) is 0 Å². The Kier molecular flexibility index (Phi) is 5.31. The molecule has 0 saturated heterocycles. The highest BCUT2D eigenvalue weighted by Gasteiger charge is 2.64. The molecule has 0 N–H and O–H groups in total. The molecule has 1 atom stereocenters. The van der Waals surface area contributed by atoms with Gasteiger partial charge in [0.25, 0.3) is 5.60 Å². The van der Waals surface area contributed by atoms with Gasteiger partial charge in [0, 0.05) is 5.56 Å². The van der Waals surface area contributed by atoms with Crippen LogP contribution in [0.25, 0.3) is 0 Å². The van der Waals surface area contributed by atoms with Crippen molar-refractivity contribution in [1.82, 2.24) is 10.2 Å². The number of halogens is 9. The van der Waals surface area contributed by atoms with Gasteiger partial charge < -0.3 is 4.84 Å². The second kappa shape index (κ2) is 7.08. The standard InChI is InChI=1S/C16H8BrClF7N3O/c1-6-2-10(26-27-13(6)17)11-5-14(29-28-11,16(23,24)25)8-3-7(15(20,21)22)4-9(18)12(8)19/h2-4H,5H2,1H3. The molecule has 0 fully saturated rings. The molecule has 2 aromatic rings. The van der Waals surface area contributed by atoms with Gasteiger partial charge in [-0.05, 0) is 46.6 Å². The molecular weight excluding hydrogens is 499 g/mol. The average molecular weight is 507 g/mol. The lowest BCUT2D eigenvalue weighted by Crippen LogP contribution is -2.43. The van der Waals surface area contributed by atoms with Crippen LogP contribution >= 0.6 is 27.5 Å². The van der Waals surface area contributed by atoms with Gasteiger partial charge in [-0.2, -0.15) is 26.3 Å². The molecule has 0 amide bonds. The fraction of sp³-hybridized carbons (Fsp3) is 0.312. The summed E-state index contributed by atoms with van der Waals surface area (Å²) >= 11 is 8.52. The molecular formula is C16H8BrClF7N3O. The highest BCUT2D eigenvalue weighted by Crippen LogP contribution is 2.51. The molecule has 1 unspecified atom stereocenters. The van der Waals surface area contributed by atoms with Crippen LogP contribution in [0.4, 0.5) is 30.7 Å². The van der Waals surface area contributed by atoms with Gasteiger partial charge in [0.05, 0.1) is 17.0 Å². The number of hydrogen-bond donors (Lipinski definition) is 0. The van der Waals surface area contributed by atoms with Crippen LogP contribution in [0.3, 0.4) is 0 Å². The molecule has 0 radical (unpaired) electrons. The number of aryl methyl sites for hydroxylation is 1. The van der Waals surface area contributed by atoms with Crippen LogP contribution in [0, 0.1) is 12.7 Å². The molecule has 29 heavy (non-hydrogen) atoms. The molecule has 1 aliphatic heterocycles. The number of rotatable bonds is 2. The Hall–Kier alpha value is -1.95. The highest BCUT2D eigenvalue weighted by molar-refractivity contribution is 9.10. The Balaban J connectivity index is 2.14. The number of nitrogens with zero attached hydrogens (tertiary/aromatic N) is 3. The Bertz CT molecular complexity index is 1010. The number of alkyl halides is 6. The summed E-state index contributed by atoms with van der Waals surface area (Å²) in [5, 5.41) is 9.57. The molecule has 0 saturated carbocycles. The first-order valence-electron chi connectivity index (χ1n) is 7.65. The van der Waals surface area contributed by atoms with E-state index in [-0.39, 0.29) is 23.5 Å². The van der Waals surface area contributed by atoms with Crippen LogP contribution < -0.4 is 0 Å². The van der Waals surface area contributed by atoms with E-state index in [1.54, 1.807) is 6.92 Å². The minimum absolute atomic E-state index is 0.0195. The summed E-state index contributed by atoms with van der Waals surface area (Å²) in [6.45, 7) is 1.59. The average Bonchev–Trinajstić information content (AvgIpc) is 3.05. The summed E-state index contributed by atoms with van der Waals surface area (Å²) in [6.07, 6.45) is -11.5. The third-order valence-corrected chi connectivity index (χ3v) is 5.26. The zero-order valence-electron chi connectivity index (χ0n) is 14.1. The van der Waals surface area contributed by atoms with Gasteiger partial charge in [0.2, 0.25) is 0 Å². The Morgan fingerprint density at radius 2 is 1.76 bits per heavy atom. The van der Waals surface area contributed by atoms with Crippen LogP contribution in [0.5, 0.6) is 0 Å². The van der Waals surface area contributed by atoms with Crippen molar-refractivity contribution >= 4 is 33.2 Å². The van der Waals surface area contributed by atoms with E-state index in [0.29, 0.717) is 10.2 Å². The monoisotopic (exact) mass is 505 g/mol. The first kappa shape index (κ1) is 21.8. The van der Waals surface area contributed by atoms with Crippen LogP contribution in [0.2, 0.25) is 5.02 Å². The second-order valence-electron chi connectivity index (χ2n) is 6.15. The number of hydrogen-bond acceptors (Lipinski definition) is 4. The molecule has 0 bridgehead atoms. The fourth-order valence-electron chi connectivity index (χ4n) is 2.68. The predicted molar refractivity (Wildman–Crippen MR) is 90.9 cm³/mol. The van der Waals surface area contributed by atoms with Gasteiger partial charge in [-0.3, -0.25) is 0 Å². The van der Waals surface area contributed by atoms with Gasteiger partial charge in [0.15, 0.2) is 0 Å². The zero-order chi connectivity index (χ0) is 21.8. The lowest BCUT2D eigenvalue weighted by atomic mass is 9.86. The third-order valence-electron chi connectivity index (χ3n) is 4.20. The first-order chi connectivity index (χ1) is 13.3. The molecule has 1 aliphatic rings. The van der Waals surface area contributed by atoms with Gasteiger partial charge in [-0.1, -0.05) is 16.8 Å². The molecule has 1 aromatic carbocycles. The lowest BCUT2D eigenvalue weighted by Gasteiger charge is -2.30. The van der Waals surface area contributed by atoms with Crippen molar-refractivity contribution in [2.24, 2.45) is 5.16 Å². The molecule has 4 nitrogen and oxygen atoms in total. The van der Waals surface area contributed by atoms with E-state index in [9.17, 15) is 30.7 Å². The molecule has 0 aliphatic carbocycles. The van der Waals surface area contributed by atoms with Crippen molar-refractivity contribution in [2.45, 2.75) is 31.3 Å². The smallest absolute Gasteiger partial charge is 0.374 e. The van der Waals surface area contributed by atoms with Crippen molar-refractivity contribution in [2.75, 3.05) is 0 Å². The summed E-state index contributed by atoms with van der Waals surface area (Å²) in [6, 6.07) is 1.57. The molecule has 0 spiro atoms. The van der Waals surface area contributed by atoms with E-state index in [4.69, 9.17) is 11.6 Å². The maximum absolute atomic E-state index is 14.5. The SMILES string of the molecule is Cc1cc(C2=NOC(c3cc(C(F)(F)F)cc(Cl)c3F)(C(F)(F)F)C2)nnc1Br. The van der Waals surface area contributed by atoms with E-state index >= 15 is 0 Å². The van der Waals surface area contributed by atoms with Crippen molar-refractivity contribution in [3.05, 3.63) is 56.0 Å². The number of benzene rings is 1. The largest absolute Gasteiger partial charge is 0.435 e. The van der Waals surface area contributed by atoms with Crippen LogP contribution in [-0.4, -0.2) is 22.1 Å². The maximum atomic E-state index is 14.5. The molecule has 156 valence electrons. The fourth-order valence-corrected chi connectivity index (χ4v) is 3.09. The first-order valence-corrected chi connectivity index (χ1v) is 8.82. The van der Waals surface area contributed by atoms with Crippen molar-refractivity contribution in [1.29, 1.82) is 0 Å². The second-order valence-corrected chi connectivity index (χ2v) is 7.31. The molecule has 13 heteroatoms. The highest BCUT2D eigenvalue weighted by atomic mass is 79.9. The molecule has 3 rings (SSSR count). The Labute approximate surface area is 171 Å². The minimum Gasteiger partial charge on any atom is -0.374 e. The summed E-state index contributed by atoms with van der Waals surface area (Å²) in [4.78, 5) is 4.55. The number of oxime groups is 1. The van der Waals surface area contributed by atoms with E-state index in [2.05, 4.69) is 36.1 Å². The molecule has 1 aromatic heterocycles. The van der Waals surface area contributed by atoms with E-state index in [1.165, 1.54) is 6.07 Å². The quantitative estimate of drug-likeness (QED) is 0.474. The van der Waals surface area contributed by atoms with Gasteiger partial charge >= 0.3 is 12.4 Å². The van der Waals surface area contributed by atoms with Gasteiger partial charge in [-0.25, -0.2) is 4.39 Å². The van der Waals surface area contributed by atoms with Crippen LogP contribution in [-0.2, 0) is 16.6 Å². The van der Waals surface area contributed by atoms with E-state index < -0.39 is 46.3 Å². The van der Waals surface area contributed by atoms with Crippen LogP contribution in [0.15, 0.2) is 28.0 Å². The zero-order valence-corrected chi connectivity index (χ0v) is 16.4. The summed E-state index contributed by atoms with van der Waals surface area (Å²) < 4.78 is 95.8. The minimum atomic E-state index is -5.33. The molecule has 2 heterocycles. The normalized spacial score (nSPS) is 19.9. The topological polar surface area (TPSA) is 47.4 Å². The van der Waals surface area contributed by atoms with Crippen molar-refractivity contribution in [3.63, 3.8) is 0 Å². The van der Waals surface area contributed by atoms with Gasteiger partial charge in [-0.15, -0.1) is 10.2 Å². The van der Waals surface area contributed by atoms with Gasteiger partial charge in [0.1, 0.15) is 21.8 Å². The van der Waals surface area contributed by atoms with Crippen molar-refractivity contribution in [3.8, 4) is 0 Å². The summed E-state index contributed by atoms with van der Waals surface area (Å²) in [5.41, 5.74) is -6.45. The third kappa shape index (κ3) is 3.79. The van der Waals surface area contributed by atoms with E-state index in [1.807, 2.05) is 0 Å². The summed E-state index contributed by atoms with van der Waals surface area (Å²) in [7, 11) is 0. The Morgan fingerprint density at radius 3 is 2.31 bits per heavy atom. The Morgan fingerprint density at radius 1 is 1.10 bits per heavy atom. The summed E-state index contributed by atoms with van der Waals surface area (Å²) in [5.74, 6) is -1.69. The van der Waals surface area contributed by atoms with Crippen LogP contribution in [0.1, 0.15) is 28.8 Å². The van der Waals surface area contributed by atoms with Crippen molar-refractivity contribution < 1.29 is 35.6 Å². The predicted octanol–water partition coefficient (Wildman–Crippen LogP) is 5.94. The lowest BCUT2D eigenvalue weighted by molar-refractivity contribution is -0.276.